The number of para-hydroxylation sites is 1. The van der Waals surface area contributed by atoms with Gasteiger partial charge in [0, 0.05) is 22.7 Å². The van der Waals surface area contributed by atoms with Crippen molar-refractivity contribution in [2.45, 2.75) is 0 Å². The summed E-state index contributed by atoms with van der Waals surface area (Å²) in [5.41, 5.74) is 3.18. The summed E-state index contributed by atoms with van der Waals surface area (Å²) in [5, 5.41) is 10.7. The minimum Gasteiger partial charge on any atom is -0.493 e. The number of H-pyrrole nitrogens is 1. The van der Waals surface area contributed by atoms with Crippen molar-refractivity contribution in [2.75, 3.05) is 21.3 Å². The zero-order valence-corrected chi connectivity index (χ0v) is 14.3. The van der Waals surface area contributed by atoms with Gasteiger partial charge in [-0.25, -0.2) is 0 Å². The third kappa shape index (κ3) is 3.02. The normalized spacial score (nSPS) is 11.2. The van der Waals surface area contributed by atoms with Gasteiger partial charge in [-0.05, 0) is 29.8 Å². The van der Waals surface area contributed by atoms with Gasteiger partial charge in [-0.1, -0.05) is 18.2 Å². The standard InChI is InChI=1S/C20H18N2O3/c1-23-18-9-13(10-19(24-2)20(18)25-3)8-14(11-21)16-12-22-17-7-5-4-6-15(16)17/h4-10,12,22H,1-3H3/b14-8+. The number of aromatic nitrogens is 1. The molecule has 0 radical (unpaired) electrons. The van der Waals surface area contributed by atoms with Gasteiger partial charge >= 0.3 is 0 Å². The predicted molar refractivity (Wildman–Crippen MR) is 97.9 cm³/mol. The molecule has 0 spiro atoms. The van der Waals surface area contributed by atoms with E-state index in [0.29, 0.717) is 22.8 Å². The van der Waals surface area contributed by atoms with Crippen molar-refractivity contribution >= 4 is 22.6 Å². The summed E-state index contributed by atoms with van der Waals surface area (Å²) >= 11 is 0. The lowest BCUT2D eigenvalue weighted by molar-refractivity contribution is 0.324. The summed E-state index contributed by atoms with van der Waals surface area (Å²) in [4.78, 5) is 3.19. The molecule has 0 unspecified atom stereocenters. The third-order valence-electron chi connectivity index (χ3n) is 4.00. The van der Waals surface area contributed by atoms with Crippen molar-refractivity contribution in [3.8, 4) is 23.3 Å². The van der Waals surface area contributed by atoms with Crippen molar-refractivity contribution in [3.05, 3.63) is 53.7 Å². The van der Waals surface area contributed by atoms with E-state index < -0.39 is 0 Å². The highest BCUT2D eigenvalue weighted by Crippen LogP contribution is 2.39. The monoisotopic (exact) mass is 334 g/mol. The zero-order valence-electron chi connectivity index (χ0n) is 14.3. The molecule has 2 aromatic carbocycles. The average molecular weight is 334 g/mol. The highest BCUT2D eigenvalue weighted by molar-refractivity contribution is 6.01. The smallest absolute Gasteiger partial charge is 0.203 e. The highest BCUT2D eigenvalue weighted by atomic mass is 16.5. The number of ether oxygens (including phenoxy) is 3. The first-order chi connectivity index (χ1) is 12.2. The van der Waals surface area contributed by atoms with Crippen LogP contribution >= 0.6 is 0 Å². The molecule has 0 atom stereocenters. The number of methoxy groups -OCH3 is 3. The quantitative estimate of drug-likeness (QED) is 0.708. The molecule has 0 bridgehead atoms. The van der Waals surface area contributed by atoms with Crippen molar-refractivity contribution in [1.29, 1.82) is 5.26 Å². The number of aromatic amines is 1. The van der Waals surface area contributed by atoms with E-state index in [9.17, 15) is 5.26 Å². The Morgan fingerprint density at radius 1 is 1.04 bits per heavy atom. The van der Waals surface area contributed by atoms with Gasteiger partial charge < -0.3 is 19.2 Å². The molecule has 0 amide bonds. The van der Waals surface area contributed by atoms with Gasteiger partial charge in [0.25, 0.3) is 0 Å². The Hall–Kier alpha value is -3.39. The van der Waals surface area contributed by atoms with Crippen LogP contribution in [0.3, 0.4) is 0 Å². The molecule has 3 rings (SSSR count). The van der Waals surface area contributed by atoms with E-state index in [1.165, 1.54) is 0 Å². The van der Waals surface area contributed by atoms with Crippen LogP contribution in [0.1, 0.15) is 11.1 Å². The molecule has 126 valence electrons. The Kier molecular flexibility index (Phi) is 4.62. The van der Waals surface area contributed by atoms with E-state index in [1.54, 1.807) is 27.4 Å². The molecule has 1 aromatic heterocycles. The van der Waals surface area contributed by atoms with E-state index in [-0.39, 0.29) is 0 Å². The van der Waals surface area contributed by atoms with E-state index in [1.807, 2.05) is 42.6 Å². The number of fused-ring (bicyclic) bond motifs is 1. The second kappa shape index (κ2) is 7.02. The second-order valence-corrected chi connectivity index (χ2v) is 5.38. The van der Waals surface area contributed by atoms with Crippen LogP contribution in [0.4, 0.5) is 0 Å². The number of allylic oxidation sites excluding steroid dienone is 1. The molecule has 0 aliphatic carbocycles. The summed E-state index contributed by atoms with van der Waals surface area (Å²) in [6, 6.07) is 13.8. The average Bonchev–Trinajstić information content (AvgIpc) is 3.09. The van der Waals surface area contributed by atoms with Crippen LogP contribution in [-0.4, -0.2) is 26.3 Å². The second-order valence-electron chi connectivity index (χ2n) is 5.38. The Morgan fingerprint density at radius 3 is 2.32 bits per heavy atom. The fraction of sp³-hybridized carbons (Fsp3) is 0.150. The van der Waals surface area contributed by atoms with Crippen LogP contribution in [0.5, 0.6) is 17.2 Å². The number of benzene rings is 2. The lowest BCUT2D eigenvalue weighted by Crippen LogP contribution is -1.95. The van der Waals surface area contributed by atoms with Gasteiger partial charge in [-0.3, -0.25) is 0 Å². The van der Waals surface area contributed by atoms with Gasteiger partial charge in [0.1, 0.15) is 0 Å². The summed E-state index contributed by atoms with van der Waals surface area (Å²) in [6.45, 7) is 0. The Bertz CT molecular complexity index is 955. The maximum Gasteiger partial charge on any atom is 0.203 e. The molecule has 0 saturated heterocycles. The summed E-state index contributed by atoms with van der Waals surface area (Å²) in [7, 11) is 4.69. The van der Waals surface area contributed by atoms with Crippen LogP contribution in [0.15, 0.2) is 42.6 Å². The van der Waals surface area contributed by atoms with Gasteiger partial charge in [0.15, 0.2) is 11.5 Å². The molecule has 0 fully saturated rings. The predicted octanol–water partition coefficient (Wildman–Crippen LogP) is 4.26. The van der Waals surface area contributed by atoms with Crippen LogP contribution in [0.25, 0.3) is 22.6 Å². The zero-order chi connectivity index (χ0) is 17.8. The fourth-order valence-electron chi connectivity index (χ4n) is 2.82. The molecule has 1 N–H and O–H groups in total. The minimum absolute atomic E-state index is 0.521. The molecule has 0 saturated carbocycles. The van der Waals surface area contributed by atoms with Crippen molar-refractivity contribution in [1.82, 2.24) is 4.98 Å². The first-order valence-corrected chi connectivity index (χ1v) is 7.70. The number of nitriles is 1. The van der Waals surface area contributed by atoms with E-state index in [2.05, 4.69) is 11.1 Å². The molecular formula is C20H18N2O3. The molecule has 1 heterocycles. The molecule has 5 nitrogen and oxygen atoms in total. The number of hydrogen-bond acceptors (Lipinski definition) is 4. The van der Waals surface area contributed by atoms with Crippen molar-refractivity contribution in [3.63, 3.8) is 0 Å². The molecule has 3 aromatic rings. The highest BCUT2D eigenvalue weighted by Gasteiger charge is 2.14. The first-order valence-electron chi connectivity index (χ1n) is 7.70. The molecular weight excluding hydrogens is 316 g/mol. The largest absolute Gasteiger partial charge is 0.493 e. The van der Waals surface area contributed by atoms with Crippen LogP contribution < -0.4 is 14.2 Å². The number of nitrogens with one attached hydrogen (secondary N) is 1. The van der Waals surface area contributed by atoms with E-state index in [0.717, 1.165) is 22.0 Å². The number of hydrogen-bond donors (Lipinski definition) is 1. The van der Waals surface area contributed by atoms with E-state index >= 15 is 0 Å². The fourth-order valence-corrected chi connectivity index (χ4v) is 2.82. The molecule has 5 heteroatoms. The summed E-state index contributed by atoms with van der Waals surface area (Å²) in [6.07, 6.45) is 3.65. The summed E-state index contributed by atoms with van der Waals surface area (Å²) in [5.74, 6) is 1.61. The van der Waals surface area contributed by atoms with Gasteiger partial charge in [-0.2, -0.15) is 5.26 Å². The van der Waals surface area contributed by atoms with Crippen LogP contribution in [0, 0.1) is 11.3 Å². The summed E-state index contributed by atoms with van der Waals surface area (Å²) < 4.78 is 16.1. The third-order valence-corrected chi connectivity index (χ3v) is 4.00. The van der Waals surface area contributed by atoms with Gasteiger partial charge in [0.05, 0.1) is 33.0 Å². The SMILES string of the molecule is COc1cc(/C=C(\C#N)c2c[nH]c3ccccc23)cc(OC)c1OC. The van der Waals surface area contributed by atoms with Crippen molar-refractivity contribution < 1.29 is 14.2 Å². The van der Waals surface area contributed by atoms with Gasteiger partial charge in [0.2, 0.25) is 5.75 Å². The minimum atomic E-state index is 0.521. The molecule has 25 heavy (non-hydrogen) atoms. The van der Waals surface area contributed by atoms with Crippen LogP contribution in [0.2, 0.25) is 0 Å². The lowest BCUT2D eigenvalue weighted by atomic mass is 10.0. The molecule has 0 aliphatic heterocycles. The van der Waals surface area contributed by atoms with E-state index in [4.69, 9.17) is 14.2 Å². The maximum absolute atomic E-state index is 9.65. The number of nitrogens with zero attached hydrogens (tertiary/aromatic N) is 1. The Morgan fingerprint density at radius 2 is 1.72 bits per heavy atom. The topological polar surface area (TPSA) is 67.3 Å². The van der Waals surface area contributed by atoms with Gasteiger partial charge in [-0.15, -0.1) is 0 Å². The van der Waals surface area contributed by atoms with Crippen LogP contribution in [-0.2, 0) is 0 Å². The lowest BCUT2D eigenvalue weighted by Gasteiger charge is -2.13. The maximum atomic E-state index is 9.65. The Balaban J connectivity index is 2.13. The molecule has 0 aliphatic rings. The van der Waals surface area contributed by atoms with Crippen molar-refractivity contribution in [2.24, 2.45) is 0 Å². The Labute approximate surface area is 146 Å². The number of rotatable bonds is 5. The first kappa shape index (κ1) is 16.5.